The summed E-state index contributed by atoms with van der Waals surface area (Å²) in [5.74, 6) is 0.277. The first-order valence-corrected chi connectivity index (χ1v) is 8.52. The van der Waals surface area contributed by atoms with Crippen LogP contribution in [0, 0.1) is 5.82 Å². The molecule has 25 heavy (non-hydrogen) atoms. The molecule has 7 heteroatoms. The zero-order valence-electron chi connectivity index (χ0n) is 14.3. The predicted molar refractivity (Wildman–Crippen MR) is 97.3 cm³/mol. The molecule has 2 aliphatic rings. The van der Waals surface area contributed by atoms with E-state index in [0.717, 1.165) is 24.3 Å². The Morgan fingerprint density at radius 3 is 2.84 bits per heavy atom. The standard InChI is InChI=1S/C18H21FN6/c1-11-9-25(10-12(2)22-11)18-21-8-16(19)17(24-18)23-15-4-3-13-6-20-7-14(13)5-15/h3-5,7-8,11-12,22H,6,9-10H2,1-2H3,(H,21,23,24). The van der Waals surface area contributed by atoms with E-state index in [1.807, 2.05) is 24.4 Å². The number of nitrogens with one attached hydrogen (secondary N) is 2. The van der Waals surface area contributed by atoms with Crippen molar-refractivity contribution >= 4 is 23.7 Å². The fourth-order valence-corrected chi connectivity index (χ4v) is 3.40. The van der Waals surface area contributed by atoms with Crippen LogP contribution in [0.15, 0.2) is 29.4 Å². The summed E-state index contributed by atoms with van der Waals surface area (Å²) in [6.45, 7) is 6.55. The van der Waals surface area contributed by atoms with Crippen LogP contribution >= 0.6 is 0 Å². The first-order chi connectivity index (χ1) is 12.1. The van der Waals surface area contributed by atoms with Crippen LogP contribution in [0.3, 0.4) is 0 Å². The van der Waals surface area contributed by atoms with Crippen molar-refractivity contribution in [3.8, 4) is 0 Å². The van der Waals surface area contributed by atoms with Crippen LogP contribution in [0.4, 0.5) is 21.8 Å². The van der Waals surface area contributed by atoms with Crippen molar-refractivity contribution in [3.63, 3.8) is 0 Å². The SMILES string of the molecule is CC1CN(c2ncc(F)c(Nc3ccc4c(c3)C=NC4)n2)CC(C)N1. The Morgan fingerprint density at radius 2 is 2.04 bits per heavy atom. The summed E-state index contributed by atoms with van der Waals surface area (Å²) in [7, 11) is 0. The molecule has 1 aromatic carbocycles. The van der Waals surface area contributed by atoms with Crippen LogP contribution in [-0.4, -0.2) is 41.4 Å². The van der Waals surface area contributed by atoms with Crippen molar-refractivity contribution < 1.29 is 4.39 Å². The molecule has 0 radical (unpaired) electrons. The summed E-state index contributed by atoms with van der Waals surface area (Å²) in [5, 5.41) is 6.54. The second-order valence-corrected chi connectivity index (χ2v) is 6.75. The Morgan fingerprint density at radius 1 is 1.24 bits per heavy atom. The molecule has 6 nitrogen and oxygen atoms in total. The summed E-state index contributed by atoms with van der Waals surface area (Å²) in [5.41, 5.74) is 3.03. The van der Waals surface area contributed by atoms with Gasteiger partial charge in [-0.2, -0.15) is 4.98 Å². The smallest absolute Gasteiger partial charge is 0.227 e. The lowest BCUT2D eigenvalue weighted by molar-refractivity contribution is 0.403. The van der Waals surface area contributed by atoms with Gasteiger partial charge in [0.2, 0.25) is 5.95 Å². The van der Waals surface area contributed by atoms with Crippen molar-refractivity contribution in [1.82, 2.24) is 15.3 Å². The molecule has 2 atom stereocenters. The van der Waals surface area contributed by atoms with Crippen LogP contribution < -0.4 is 15.5 Å². The molecule has 1 fully saturated rings. The molecule has 130 valence electrons. The van der Waals surface area contributed by atoms with E-state index in [1.54, 1.807) is 0 Å². The van der Waals surface area contributed by atoms with Crippen LogP contribution in [-0.2, 0) is 6.54 Å². The van der Waals surface area contributed by atoms with E-state index in [2.05, 4.69) is 44.3 Å². The van der Waals surface area contributed by atoms with Gasteiger partial charge in [0.25, 0.3) is 0 Å². The maximum Gasteiger partial charge on any atom is 0.227 e. The fourth-order valence-electron chi connectivity index (χ4n) is 3.40. The number of hydrogen-bond acceptors (Lipinski definition) is 6. The van der Waals surface area contributed by atoms with Crippen LogP contribution in [0.1, 0.15) is 25.0 Å². The summed E-state index contributed by atoms with van der Waals surface area (Å²) in [4.78, 5) is 14.9. The molecule has 1 aromatic heterocycles. The average Bonchev–Trinajstić information content (AvgIpc) is 3.03. The second kappa shape index (κ2) is 6.40. The second-order valence-electron chi connectivity index (χ2n) is 6.75. The number of benzene rings is 1. The average molecular weight is 340 g/mol. The van der Waals surface area contributed by atoms with Crippen molar-refractivity contribution in [2.45, 2.75) is 32.5 Å². The van der Waals surface area contributed by atoms with Gasteiger partial charge in [-0.15, -0.1) is 0 Å². The number of hydrogen-bond donors (Lipinski definition) is 2. The minimum atomic E-state index is -0.464. The number of anilines is 3. The molecule has 0 amide bonds. The van der Waals surface area contributed by atoms with Crippen LogP contribution in [0.25, 0.3) is 0 Å². The van der Waals surface area contributed by atoms with E-state index in [-0.39, 0.29) is 5.82 Å². The van der Waals surface area contributed by atoms with Crippen molar-refractivity contribution in [1.29, 1.82) is 0 Å². The molecular weight excluding hydrogens is 319 g/mol. The highest BCUT2D eigenvalue weighted by molar-refractivity contribution is 5.86. The topological polar surface area (TPSA) is 65.4 Å². The molecule has 2 unspecified atom stereocenters. The number of aromatic nitrogens is 2. The van der Waals surface area contributed by atoms with Crippen LogP contribution in [0.2, 0.25) is 0 Å². The maximum atomic E-state index is 14.2. The van der Waals surface area contributed by atoms with E-state index in [4.69, 9.17) is 0 Å². The lowest BCUT2D eigenvalue weighted by Crippen LogP contribution is -2.54. The highest BCUT2D eigenvalue weighted by Gasteiger charge is 2.23. The minimum absolute atomic E-state index is 0.193. The number of halogens is 1. The zero-order chi connectivity index (χ0) is 17.4. The number of fused-ring (bicyclic) bond motifs is 1. The van der Waals surface area contributed by atoms with E-state index in [9.17, 15) is 4.39 Å². The molecule has 2 aromatic rings. The normalized spacial score (nSPS) is 22.1. The van der Waals surface area contributed by atoms with Gasteiger partial charge in [-0.1, -0.05) is 6.07 Å². The monoisotopic (exact) mass is 340 g/mol. The van der Waals surface area contributed by atoms with Gasteiger partial charge >= 0.3 is 0 Å². The summed E-state index contributed by atoms with van der Waals surface area (Å²) < 4.78 is 14.2. The lowest BCUT2D eigenvalue weighted by Gasteiger charge is -2.36. The molecule has 2 aliphatic heterocycles. The zero-order valence-corrected chi connectivity index (χ0v) is 14.3. The predicted octanol–water partition coefficient (Wildman–Crippen LogP) is 2.48. The first-order valence-electron chi connectivity index (χ1n) is 8.52. The molecular formula is C18H21FN6. The van der Waals surface area contributed by atoms with E-state index in [1.165, 1.54) is 11.8 Å². The summed E-state index contributed by atoms with van der Waals surface area (Å²) in [6.07, 6.45) is 3.07. The third kappa shape index (κ3) is 3.32. The fraction of sp³-hybridized carbons (Fsp3) is 0.389. The Kier molecular flexibility index (Phi) is 4.09. The number of nitrogens with zero attached hydrogens (tertiary/aromatic N) is 4. The Hall–Kier alpha value is -2.54. The highest BCUT2D eigenvalue weighted by atomic mass is 19.1. The number of piperazine rings is 1. The number of rotatable bonds is 3. The highest BCUT2D eigenvalue weighted by Crippen LogP contribution is 2.24. The molecule has 0 bridgehead atoms. The van der Waals surface area contributed by atoms with Gasteiger partial charge in [-0.3, -0.25) is 4.99 Å². The van der Waals surface area contributed by atoms with Gasteiger partial charge in [0.05, 0.1) is 12.7 Å². The molecule has 4 rings (SSSR count). The van der Waals surface area contributed by atoms with Gasteiger partial charge in [-0.25, -0.2) is 9.37 Å². The van der Waals surface area contributed by atoms with Gasteiger partial charge < -0.3 is 15.5 Å². The maximum absolute atomic E-state index is 14.2. The van der Waals surface area contributed by atoms with Crippen molar-refractivity contribution in [2.24, 2.45) is 4.99 Å². The van der Waals surface area contributed by atoms with Gasteiger partial charge in [-0.05, 0) is 37.1 Å². The number of aliphatic imine (C=N–C) groups is 1. The van der Waals surface area contributed by atoms with E-state index >= 15 is 0 Å². The third-order valence-electron chi connectivity index (χ3n) is 4.47. The van der Waals surface area contributed by atoms with E-state index in [0.29, 0.717) is 24.6 Å². The molecule has 0 saturated carbocycles. The van der Waals surface area contributed by atoms with Gasteiger partial charge in [0.1, 0.15) is 0 Å². The third-order valence-corrected chi connectivity index (χ3v) is 4.47. The molecule has 3 heterocycles. The summed E-state index contributed by atoms with van der Waals surface area (Å²) in [6, 6.07) is 6.56. The van der Waals surface area contributed by atoms with Gasteiger partial charge in [0.15, 0.2) is 11.6 Å². The first kappa shape index (κ1) is 16.0. The van der Waals surface area contributed by atoms with Crippen molar-refractivity contribution in [2.75, 3.05) is 23.3 Å². The summed E-state index contributed by atoms with van der Waals surface area (Å²) >= 11 is 0. The van der Waals surface area contributed by atoms with Crippen LogP contribution in [0.5, 0.6) is 0 Å². The van der Waals surface area contributed by atoms with E-state index < -0.39 is 5.82 Å². The molecule has 0 aliphatic carbocycles. The minimum Gasteiger partial charge on any atom is -0.338 e. The Bertz CT molecular complexity index is 811. The lowest BCUT2D eigenvalue weighted by atomic mass is 10.1. The molecule has 1 saturated heterocycles. The largest absolute Gasteiger partial charge is 0.338 e. The molecule has 0 spiro atoms. The van der Waals surface area contributed by atoms with Gasteiger partial charge in [0, 0.05) is 37.1 Å². The Balaban J connectivity index is 1.58. The molecule has 2 N–H and O–H groups in total. The quantitative estimate of drug-likeness (QED) is 0.899. The Labute approximate surface area is 146 Å². The van der Waals surface area contributed by atoms with Crippen molar-refractivity contribution in [3.05, 3.63) is 41.3 Å².